The van der Waals surface area contributed by atoms with Crippen molar-refractivity contribution in [1.82, 2.24) is 9.21 Å². The first-order chi connectivity index (χ1) is 14.0. The van der Waals surface area contributed by atoms with Crippen LogP contribution in [0.4, 0.5) is 0 Å². The number of hydrogen-bond acceptors (Lipinski definition) is 3. The third kappa shape index (κ3) is 6.14. The lowest BCUT2D eigenvalue weighted by atomic mass is 10.1. The van der Waals surface area contributed by atoms with Crippen molar-refractivity contribution >= 4 is 31.9 Å². The molecule has 0 N–H and O–H groups in total. The van der Waals surface area contributed by atoms with Gasteiger partial charge in [-0.2, -0.15) is 4.31 Å². The van der Waals surface area contributed by atoms with Gasteiger partial charge in [0.05, 0.1) is 11.4 Å². The van der Waals surface area contributed by atoms with Crippen LogP contribution in [-0.2, 0) is 21.2 Å². The lowest BCUT2D eigenvalue weighted by molar-refractivity contribution is -0.131. The topological polar surface area (TPSA) is 57.7 Å². The zero-order valence-electron chi connectivity index (χ0n) is 16.5. The standard InChI is InChI=1S/C22H27BrN2O3S/c23-20-10-12-21(13-11-20)29(27,28)25(17-14-19-8-4-3-5-9-19)18-22(26)24-15-6-1-2-7-16-24/h3-5,8-13H,1-2,6-7,14-18H2. The maximum absolute atomic E-state index is 13.3. The first-order valence-corrected chi connectivity index (χ1v) is 12.3. The third-order valence-electron chi connectivity index (χ3n) is 5.21. The highest BCUT2D eigenvalue weighted by atomic mass is 79.9. The van der Waals surface area contributed by atoms with Crippen LogP contribution in [0, 0.1) is 0 Å². The zero-order chi connectivity index (χ0) is 20.7. The predicted molar refractivity (Wildman–Crippen MR) is 118 cm³/mol. The summed E-state index contributed by atoms with van der Waals surface area (Å²) in [7, 11) is -3.77. The van der Waals surface area contributed by atoms with Crippen molar-refractivity contribution in [2.24, 2.45) is 0 Å². The molecule has 1 saturated heterocycles. The van der Waals surface area contributed by atoms with Gasteiger partial charge in [0.15, 0.2) is 0 Å². The molecule has 1 aliphatic rings. The molecule has 0 atom stereocenters. The molecule has 1 amide bonds. The molecule has 1 fully saturated rings. The number of likely N-dealkylation sites (tertiary alicyclic amines) is 1. The van der Waals surface area contributed by atoms with Crippen molar-refractivity contribution in [2.75, 3.05) is 26.2 Å². The molecule has 156 valence electrons. The molecule has 0 aliphatic carbocycles. The zero-order valence-corrected chi connectivity index (χ0v) is 18.9. The van der Waals surface area contributed by atoms with Crippen LogP contribution in [0.3, 0.4) is 0 Å². The van der Waals surface area contributed by atoms with Gasteiger partial charge in [-0.05, 0) is 49.1 Å². The van der Waals surface area contributed by atoms with Gasteiger partial charge < -0.3 is 4.90 Å². The van der Waals surface area contributed by atoms with Gasteiger partial charge in [0.1, 0.15) is 0 Å². The monoisotopic (exact) mass is 478 g/mol. The van der Waals surface area contributed by atoms with Gasteiger partial charge >= 0.3 is 0 Å². The number of hydrogen-bond donors (Lipinski definition) is 0. The summed E-state index contributed by atoms with van der Waals surface area (Å²) in [5, 5.41) is 0. The first-order valence-electron chi connectivity index (χ1n) is 10.0. The van der Waals surface area contributed by atoms with Crippen LogP contribution in [0.25, 0.3) is 0 Å². The third-order valence-corrected chi connectivity index (χ3v) is 7.60. The highest BCUT2D eigenvalue weighted by Crippen LogP contribution is 2.20. The summed E-state index contributed by atoms with van der Waals surface area (Å²) < 4.78 is 28.7. The van der Waals surface area contributed by atoms with E-state index in [-0.39, 0.29) is 23.9 Å². The fourth-order valence-corrected chi connectivity index (χ4v) is 5.16. The summed E-state index contributed by atoms with van der Waals surface area (Å²) in [4.78, 5) is 14.9. The highest BCUT2D eigenvalue weighted by Gasteiger charge is 2.28. The van der Waals surface area contributed by atoms with E-state index in [0.29, 0.717) is 19.5 Å². The summed E-state index contributed by atoms with van der Waals surface area (Å²) >= 11 is 3.34. The minimum absolute atomic E-state index is 0.111. The minimum Gasteiger partial charge on any atom is -0.342 e. The number of amides is 1. The molecule has 0 unspecified atom stereocenters. The molecule has 0 saturated carbocycles. The second-order valence-electron chi connectivity index (χ2n) is 7.32. The average molecular weight is 479 g/mol. The van der Waals surface area contributed by atoms with E-state index in [1.807, 2.05) is 35.2 Å². The Hall–Kier alpha value is -1.70. The van der Waals surface area contributed by atoms with Crippen LogP contribution in [0.15, 0.2) is 64.0 Å². The van der Waals surface area contributed by atoms with Gasteiger partial charge in [-0.3, -0.25) is 4.79 Å². The molecule has 3 rings (SSSR count). The van der Waals surface area contributed by atoms with E-state index in [1.54, 1.807) is 24.3 Å². The van der Waals surface area contributed by atoms with Crippen molar-refractivity contribution in [1.29, 1.82) is 0 Å². The quantitative estimate of drug-likeness (QED) is 0.601. The fraction of sp³-hybridized carbons (Fsp3) is 0.409. The van der Waals surface area contributed by atoms with Crippen LogP contribution >= 0.6 is 15.9 Å². The Labute approximate surface area is 181 Å². The number of carbonyl (C=O) groups is 1. The van der Waals surface area contributed by atoms with Crippen LogP contribution in [0.5, 0.6) is 0 Å². The van der Waals surface area contributed by atoms with E-state index < -0.39 is 10.0 Å². The van der Waals surface area contributed by atoms with Gasteiger partial charge in [-0.1, -0.05) is 59.1 Å². The Morgan fingerprint density at radius 2 is 1.55 bits per heavy atom. The second kappa shape index (κ2) is 10.4. The molecule has 7 heteroatoms. The molecule has 2 aromatic carbocycles. The molecule has 0 bridgehead atoms. The van der Waals surface area contributed by atoms with Crippen LogP contribution in [-0.4, -0.2) is 49.7 Å². The molecular weight excluding hydrogens is 452 g/mol. The lowest BCUT2D eigenvalue weighted by Crippen LogP contribution is -2.44. The Balaban J connectivity index is 1.80. The van der Waals surface area contributed by atoms with E-state index >= 15 is 0 Å². The fourth-order valence-electron chi connectivity index (χ4n) is 3.51. The number of rotatable bonds is 7. The van der Waals surface area contributed by atoms with Crippen LogP contribution in [0.2, 0.25) is 0 Å². The van der Waals surface area contributed by atoms with Crippen LogP contribution < -0.4 is 0 Å². The summed E-state index contributed by atoms with van der Waals surface area (Å²) in [6.07, 6.45) is 4.77. The predicted octanol–water partition coefficient (Wildman–Crippen LogP) is 4.09. The Kier molecular flexibility index (Phi) is 7.86. The average Bonchev–Trinajstić information content (AvgIpc) is 3.01. The van der Waals surface area contributed by atoms with Crippen LogP contribution in [0.1, 0.15) is 31.2 Å². The van der Waals surface area contributed by atoms with E-state index in [9.17, 15) is 13.2 Å². The van der Waals surface area contributed by atoms with Crippen molar-refractivity contribution < 1.29 is 13.2 Å². The molecule has 0 aromatic heterocycles. The summed E-state index contributed by atoms with van der Waals surface area (Å²) in [6, 6.07) is 16.3. The van der Waals surface area contributed by atoms with E-state index in [4.69, 9.17) is 0 Å². The lowest BCUT2D eigenvalue weighted by Gasteiger charge is -2.26. The molecule has 5 nitrogen and oxygen atoms in total. The van der Waals surface area contributed by atoms with Crippen molar-refractivity contribution in [3.05, 3.63) is 64.6 Å². The van der Waals surface area contributed by atoms with E-state index in [2.05, 4.69) is 15.9 Å². The smallest absolute Gasteiger partial charge is 0.243 e. The normalized spacial score (nSPS) is 15.3. The molecule has 29 heavy (non-hydrogen) atoms. The van der Waals surface area contributed by atoms with Gasteiger partial charge in [0.2, 0.25) is 15.9 Å². The SMILES string of the molecule is O=C(CN(CCc1ccccc1)S(=O)(=O)c1ccc(Br)cc1)N1CCCCCC1. The van der Waals surface area contributed by atoms with E-state index in [0.717, 1.165) is 35.7 Å². The van der Waals surface area contributed by atoms with Gasteiger partial charge in [0.25, 0.3) is 0 Å². The van der Waals surface area contributed by atoms with Gasteiger partial charge in [-0.15, -0.1) is 0 Å². The van der Waals surface area contributed by atoms with E-state index in [1.165, 1.54) is 4.31 Å². The second-order valence-corrected chi connectivity index (χ2v) is 10.2. The first kappa shape index (κ1) is 22.0. The molecule has 0 spiro atoms. The van der Waals surface area contributed by atoms with Crippen molar-refractivity contribution in [3.63, 3.8) is 0 Å². The van der Waals surface area contributed by atoms with Gasteiger partial charge in [0, 0.05) is 24.1 Å². The summed E-state index contributed by atoms with van der Waals surface area (Å²) in [5.74, 6) is -0.111. The maximum atomic E-state index is 13.3. The number of nitrogens with zero attached hydrogens (tertiary/aromatic N) is 2. The van der Waals surface area contributed by atoms with Gasteiger partial charge in [-0.25, -0.2) is 8.42 Å². The Morgan fingerprint density at radius 3 is 2.17 bits per heavy atom. The maximum Gasteiger partial charge on any atom is 0.243 e. The number of carbonyl (C=O) groups excluding carboxylic acids is 1. The molecule has 0 radical (unpaired) electrons. The van der Waals surface area contributed by atoms with Crippen molar-refractivity contribution in [3.8, 4) is 0 Å². The molecule has 1 heterocycles. The molecule has 1 aliphatic heterocycles. The highest BCUT2D eigenvalue weighted by molar-refractivity contribution is 9.10. The van der Waals surface area contributed by atoms with Crippen molar-refractivity contribution in [2.45, 2.75) is 37.0 Å². The Bertz CT molecular complexity index is 893. The number of halogens is 1. The molecular formula is C22H27BrN2O3S. The largest absolute Gasteiger partial charge is 0.342 e. The number of sulfonamides is 1. The Morgan fingerprint density at radius 1 is 0.931 bits per heavy atom. The number of benzene rings is 2. The molecule has 2 aromatic rings. The summed E-state index contributed by atoms with van der Waals surface area (Å²) in [6.45, 7) is 1.57. The summed E-state index contributed by atoms with van der Waals surface area (Å²) in [5.41, 5.74) is 1.05. The minimum atomic E-state index is -3.77.